The summed E-state index contributed by atoms with van der Waals surface area (Å²) in [4.78, 5) is 13.6. The number of alkyl halides is 2. The summed E-state index contributed by atoms with van der Waals surface area (Å²) in [5.41, 5.74) is -0.257. The Morgan fingerprint density at radius 2 is 1.81 bits per heavy atom. The van der Waals surface area contributed by atoms with Crippen LogP contribution in [0.2, 0.25) is 0 Å². The molecule has 0 radical (unpaired) electrons. The third kappa shape index (κ3) is 4.44. The van der Waals surface area contributed by atoms with E-state index in [1.807, 2.05) is 0 Å². The van der Waals surface area contributed by atoms with Crippen molar-refractivity contribution in [3.05, 3.63) is 60.4 Å². The lowest BCUT2D eigenvalue weighted by molar-refractivity contribution is 0.0582. The van der Waals surface area contributed by atoms with Gasteiger partial charge in [-0.2, -0.15) is 13.9 Å². The number of ether oxygens (including phenoxy) is 1. The van der Waals surface area contributed by atoms with Gasteiger partial charge in [0.25, 0.3) is 5.91 Å². The first-order valence-corrected chi connectivity index (χ1v) is 11.3. The van der Waals surface area contributed by atoms with E-state index < -0.39 is 26.4 Å². The first-order chi connectivity index (χ1) is 15.4. The van der Waals surface area contributed by atoms with Gasteiger partial charge >= 0.3 is 5.76 Å². The van der Waals surface area contributed by atoms with E-state index in [1.54, 1.807) is 35.3 Å². The number of carbonyl (C=O) groups excluding carboxylic acids is 1. The van der Waals surface area contributed by atoms with Gasteiger partial charge in [-0.25, -0.2) is 13.1 Å². The Balaban J connectivity index is 1.39. The molecule has 0 aliphatic carbocycles. The number of nitrogens with zero attached hydrogens (tertiary/aromatic N) is 5. The molecule has 1 aliphatic rings. The van der Waals surface area contributed by atoms with E-state index in [0.29, 0.717) is 24.5 Å². The van der Waals surface area contributed by atoms with Gasteiger partial charge in [0.2, 0.25) is 15.7 Å². The molecule has 1 amide bonds. The fourth-order valence-corrected chi connectivity index (χ4v) is 4.33. The number of hydrogen-bond acceptors (Lipinski definition) is 7. The minimum atomic E-state index is -4.89. The van der Waals surface area contributed by atoms with Crippen LogP contribution >= 0.6 is 0 Å². The Morgan fingerprint density at radius 1 is 1.06 bits per heavy atom. The van der Waals surface area contributed by atoms with E-state index in [1.165, 1.54) is 23.1 Å². The fourth-order valence-electron chi connectivity index (χ4n) is 3.41. The van der Waals surface area contributed by atoms with Crippen LogP contribution in [0.1, 0.15) is 23.2 Å². The lowest BCUT2D eigenvalue weighted by atomic mass is 10.1. The number of benzene rings is 1. The molecule has 0 spiro atoms. The molecular weight excluding hydrogens is 444 g/mol. The minimum Gasteiger partial charge on any atom is -0.473 e. The number of sulfone groups is 1. The number of piperidine rings is 1. The van der Waals surface area contributed by atoms with Crippen LogP contribution in [0.3, 0.4) is 0 Å². The van der Waals surface area contributed by atoms with E-state index in [4.69, 9.17) is 4.74 Å². The monoisotopic (exact) mass is 463 g/mol. The summed E-state index contributed by atoms with van der Waals surface area (Å²) in [6.45, 7) is 0.566. The molecule has 0 saturated carbocycles. The Hall–Kier alpha value is -3.41. The molecule has 12 heteroatoms. The van der Waals surface area contributed by atoms with E-state index in [0.717, 1.165) is 6.07 Å². The molecule has 0 N–H and O–H groups in total. The van der Waals surface area contributed by atoms with Crippen LogP contribution in [0.25, 0.3) is 5.82 Å². The van der Waals surface area contributed by atoms with Crippen LogP contribution in [-0.2, 0) is 9.84 Å². The van der Waals surface area contributed by atoms with E-state index in [2.05, 4.69) is 15.3 Å². The number of carbonyl (C=O) groups is 1. The number of aromatic nitrogens is 4. The lowest BCUT2D eigenvalue weighted by Crippen LogP contribution is -2.42. The number of hydrogen-bond donors (Lipinski definition) is 0. The molecule has 1 aliphatic heterocycles. The highest BCUT2D eigenvalue weighted by Gasteiger charge is 2.33. The van der Waals surface area contributed by atoms with Crippen LogP contribution in [0, 0.1) is 0 Å². The molecule has 0 unspecified atom stereocenters. The van der Waals surface area contributed by atoms with Crippen LogP contribution in [0.5, 0.6) is 5.88 Å². The van der Waals surface area contributed by atoms with Crippen molar-refractivity contribution in [3.63, 3.8) is 0 Å². The summed E-state index contributed by atoms with van der Waals surface area (Å²) in [6.07, 6.45) is 4.09. The molecule has 0 atom stereocenters. The second-order valence-corrected chi connectivity index (χ2v) is 8.98. The zero-order valence-electron chi connectivity index (χ0n) is 16.7. The third-order valence-corrected chi connectivity index (χ3v) is 6.48. The number of halogens is 2. The van der Waals surface area contributed by atoms with E-state index >= 15 is 0 Å². The van der Waals surface area contributed by atoms with Crippen molar-refractivity contribution >= 4 is 15.7 Å². The summed E-state index contributed by atoms with van der Waals surface area (Å²) in [5, 5.41) is 12.2. The Morgan fingerprint density at radius 3 is 2.44 bits per heavy atom. The Kier molecular flexibility index (Phi) is 6.12. The molecule has 1 fully saturated rings. The SMILES string of the molecule is O=C(c1ccccc1S(=O)(=O)C(F)F)N1CCC(Oc2ccc(-n3cccn3)nn2)CC1. The highest BCUT2D eigenvalue weighted by molar-refractivity contribution is 7.91. The summed E-state index contributed by atoms with van der Waals surface area (Å²) >= 11 is 0. The quantitative estimate of drug-likeness (QED) is 0.552. The van der Waals surface area contributed by atoms with Crippen molar-refractivity contribution in [1.82, 2.24) is 24.9 Å². The fraction of sp³-hybridized carbons (Fsp3) is 0.300. The average Bonchev–Trinajstić information content (AvgIpc) is 3.34. The molecule has 1 aromatic carbocycles. The zero-order valence-corrected chi connectivity index (χ0v) is 17.5. The van der Waals surface area contributed by atoms with Gasteiger partial charge in [-0.15, -0.1) is 10.2 Å². The molecule has 1 saturated heterocycles. The van der Waals surface area contributed by atoms with Gasteiger partial charge in [0, 0.05) is 44.4 Å². The molecule has 3 aromatic rings. The third-order valence-electron chi connectivity index (χ3n) is 5.04. The maximum absolute atomic E-state index is 13.0. The number of amides is 1. The topological polar surface area (TPSA) is 107 Å². The highest BCUT2D eigenvalue weighted by Crippen LogP contribution is 2.25. The molecule has 2 aromatic heterocycles. The molecular formula is C20H19F2N5O4S. The van der Waals surface area contributed by atoms with Crippen molar-refractivity contribution in [3.8, 4) is 11.7 Å². The molecule has 9 nitrogen and oxygen atoms in total. The number of likely N-dealkylation sites (tertiary alicyclic amines) is 1. The Bertz CT molecular complexity index is 1180. The first kappa shape index (κ1) is 21.8. The summed E-state index contributed by atoms with van der Waals surface area (Å²) in [5.74, 6) is -3.33. The smallest absolute Gasteiger partial charge is 0.341 e. The molecule has 32 heavy (non-hydrogen) atoms. The lowest BCUT2D eigenvalue weighted by Gasteiger charge is -2.32. The summed E-state index contributed by atoms with van der Waals surface area (Å²) in [6, 6.07) is 10.2. The molecule has 3 heterocycles. The van der Waals surface area contributed by atoms with Crippen molar-refractivity contribution in [2.45, 2.75) is 29.6 Å². The van der Waals surface area contributed by atoms with E-state index in [9.17, 15) is 22.0 Å². The number of rotatable bonds is 6. The van der Waals surface area contributed by atoms with Gasteiger partial charge in [0.05, 0.1) is 10.5 Å². The Labute approximate surface area is 182 Å². The minimum absolute atomic E-state index is 0.219. The normalized spacial score (nSPS) is 15.2. The summed E-state index contributed by atoms with van der Waals surface area (Å²) < 4.78 is 57.3. The van der Waals surface area contributed by atoms with Gasteiger partial charge in [-0.1, -0.05) is 12.1 Å². The van der Waals surface area contributed by atoms with Crippen molar-refractivity contribution < 1.29 is 26.7 Å². The largest absolute Gasteiger partial charge is 0.473 e. The maximum atomic E-state index is 13.0. The van der Waals surface area contributed by atoms with Crippen LogP contribution in [-0.4, -0.2) is 64.2 Å². The molecule has 4 rings (SSSR count). The van der Waals surface area contributed by atoms with Crippen LogP contribution in [0.4, 0.5) is 8.78 Å². The predicted octanol–water partition coefficient (Wildman–Crippen LogP) is 2.34. The van der Waals surface area contributed by atoms with Gasteiger partial charge in [0.15, 0.2) is 5.82 Å². The van der Waals surface area contributed by atoms with Crippen LogP contribution in [0.15, 0.2) is 59.8 Å². The highest BCUT2D eigenvalue weighted by atomic mass is 32.2. The second kappa shape index (κ2) is 8.99. The van der Waals surface area contributed by atoms with Crippen molar-refractivity contribution in [2.24, 2.45) is 0 Å². The van der Waals surface area contributed by atoms with Gasteiger partial charge in [-0.05, 0) is 24.3 Å². The van der Waals surface area contributed by atoms with Gasteiger partial charge in [-0.3, -0.25) is 4.79 Å². The average molecular weight is 463 g/mol. The molecule has 0 bridgehead atoms. The maximum Gasteiger partial charge on any atom is 0.341 e. The van der Waals surface area contributed by atoms with Crippen molar-refractivity contribution in [2.75, 3.05) is 13.1 Å². The van der Waals surface area contributed by atoms with E-state index in [-0.39, 0.29) is 24.8 Å². The molecule has 168 valence electrons. The van der Waals surface area contributed by atoms with Crippen molar-refractivity contribution in [1.29, 1.82) is 0 Å². The first-order valence-electron chi connectivity index (χ1n) is 9.77. The predicted molar refractivity (Wildman–Crippen MR) is 108 cm³/mol. The van der Waals surface area contributed by atoms with Gasteiger partial charge in [0.1, 0.15) is 6.10 Å². The zero-order chi connectivity index (χ0) is 22.7. The van der Waals surface area contributed by atoms with Crippen LogP contribution < -0.4 is 4.74 Å². The second-order valence-electron chi connectivity index (χ2n) is 7.09. The standard InChI is InChI=1S/C20H19F2N5O4S/c21-20(22)32(29,30)16-5-2-1-4-15(16)19(28)26-12-8-14(9-13-26)31-18-7-6-17(24-25-18)27-11-3-10-23-27/h1-7,10-11,14,20H,8-9,12-13H2. The summed E-state index contributed by atoms with van der Waals surface area (Å²) in [7, 11) is -4.89. The van der Waals surface area contributed by atoms with Gasteiger partial charge < -0.3 is 9.64 Å².